The van der Waals surface area contributed by atoms with E-state index in [0.717, 1.165) is 0 Å². The second-order valence-electron chi connectivity index (χ2n) is 7.95. The molecule has 0 spiro atoms. The summed E-state index contributed by atoms with van der Waals surface area (Å²) in [6.45, 7) is 3.88. The lowest BCUT2D eigenvalue weighted by atomic mass is 10.0. The fourth-order valence-electron chi connectivity index (χ4n) is 2.87. The van der Waals surface area contributed by atoms with Crippen molar-refractivity contribution in [3.05, 3.63) is 64.7 Å². The summed E-state index contributed by atoms with van der Waals surface area (Å²) in [5.74, 6) is -9.57. The lowest BCUT2D eigenvalue weighted by molar-refractivity contribution is -0.157. The molecular weight excluding hydrogens is 454 g/mol. The normalized spacial score (nSPS) is 13.1. The fourth-order valence-corrected chi connectivity index (χ4v) is 4.39. The molecule has 2 N–H and O–H groups in total. The molecule has 0 saturated carbocycles. The number of aliphatic hydroxyl groups excluding tert-OH is 1. The molecule has 0 fully saturated rings. The van der Waals surface area contributed by atoms with E-state index in [0.29, 0.717) is 5.56 Å². The first kappa shape index (κ1) is 25.8. The monoisotopic (exact) mass is 477 g/mol. The second-order valence-corrected chi connectivity index (χ2v) is 9.60. The summed E-state index contributed by atoms with van der Waals surface area (Å²) in [5.41, 5.74) is -1.67. The molecule has 6 nitrogen and oxygen atoms in total. The first-order chi connectivity index (χ1) is 14.8. The van der Waals surface area contributed by atoms with Gasteiger partial charge in [-0.3, -0.25) is 4.79 Å². The molecule has 0 heterocycles. The predicted octanol–water partition coefficient (Wildman–Crippen LogP) is 3.20. The van der Waals surface area contributed by atoms with Crippen LogP contribution in [0.4, 0.5) is 17.6 Å². The number of aliphatic hydroxyl groups is 1. The summed E-state index contributed by atoms with van der Waals surface area (Å²) in [6.07, 6.45) is -1.04. The van der Waals surface area contributed by atoms with Gasteiger partial charge in [-0.1, -0.05) is 30.3 Å². The molecule has 0 aliphatic carbocycles. The third-order valence-electron chi connectivity index (χ3n) is 4.22. The minimum atomic E-state index is -5.11. The van der Waals surface area contributed by atoms with Crippen LogP contribution in [0.1, 0.15) is 38.3 Å². The Morgan fingerprint density at radius 3 is 2.12 bits per heavy atom. The third kappa shape index (κ3) is 6.05. The van der Waals surface area contributed by atoms with Crippen molar-refractivity contribution in [1.82, 2.24) is 4.72 Å². The Morgan fingerprint density at radius 2 is 1.59 bits per heavy atom. The van der Waals surface area contributed by atoms with E-state index in [1.165, 1.54) is 45.0 Å². The largest absolute Gasteiger partial charge is 0.459 e. The highest BCUT2D eigenvalue weighted by Gasteiger charge is 2.36. The van der Waals surface area contributed by atoms with Crippen LogP contribution in [-0.4, -0.2) is 37.7 Å². The highest BCUT2D eigenvalue weighted by molar-refractivity contribution is 7.89. The molecule has 0 unspecified atom stereocenters. The van der Waals surface area contributed by atoms with Gasteiger partial charge in [0.05, 0.1) is 0 Å². The second kappa shape index (κ2) is 9.97. The van der Waals surface area contributed by atoms with Crippen molar-refractivity contribution in [3.8, 4) is 0 Å². The van der Waals surface area contributed by atoms with Gasteiger partial charge in [0.2, 0.25) is 10.0 Å². The van der Waals surface area contributed by atoms with Gasteiger partial charge in [-0.05, 0) is 32.8 Å². The van der Waals surface area contributed by atoms with Crippen LogP contribution in [0.2, 0.25) is 0 Å². The molecule has 0 aromatic heterocycles. The van der Waals surface area contributed by atoms with Crippen LogP contribution >= 0.6 is 0 Å². The maximum atomic E-state index is 14.6. The molecule has 2 rings (SSSR count). The van der Waals surface area contributed by atoms with Crippen molar-refractivity contribution in [2.24, 2.45) is 0 Å². The van der Waals surface area contributed by atoms with E-state index >= 15 is 0 Å². The van der Waals surface area contributed by atoms with E-state index in [1.807, 2.05) is 4.72 Å². The van der Waals surface area contributed by atoms with Crippen molar-refractivity contribution in [1.29, 1.82) is 0 Å². The fraction of sp³-hybridized carbons (Fsp3) is 0.381. The number of sulfonamides is 1. The van der Waals surface area contributed by atoms with Gasteiger partial charge in [0.15, 0.2) is 23.3 Å². The Morgan fingerprint density at radius 1 is 1.03 bits per heavy atom. The molecule has 0 saturated heterocycles. The molecule has 2 aromatic rings. The van der Waals surface area contributed by atoms with Gasteiger partial charge < -0.3 is 9.84 Å². The third-order valence-corrected chi connectivity index (χ3v) is 5.77. The van der Waals surface area contributed by atoms with Crippen LogP contribution in [0, 0.1) is 23.3 Å². The smallest absolute Gasteiger partial charge is 0.324 e. The van der Waals surface area contributed by atoms with Gasteiger partial charge in [0, 0.05) is 18.6 Å². The quantitative estimate of drug-likeness (QED) is 0.264. The Labute approximate surface area is 183 Å². The number of esters is 1. The molecule has 2 aromatic carbocycles. The first-order valence-corrected chi connectivity index (χ1v) is 11.0. The zero-order valence-corrected chi connectivity index (χ0v) is 18.4. The minimum absolute atomic E-state index is 0.298. The standard InChI is InChI=1S/C21H23F4NO5S/c1-21(2,3)31-20(28)14(9-10-27)26-32(29,30)19-13(11-12-7-5-4-6-8-12)15(22)16(23)17(24)18(19)25/h4-8,14,26-27H,9-11H2,1-3H3/t14-/m0/s1. The summed E-state index contributed by atoms with van der Waals surface area (Å²) in [6, 6.07) is 5.91. The summed E-state index contributed by atoms with van der Waals surface area (Å²) in [4.78, 5) is 10.9. The lowest BCUT2D eigenvalue weighted by Gasteiger charge is -2.24. The predicted molar refractivity (Wildman–Crippen MR) is 107 cm³/mol. The Bertz CT molecular complexity index is 1090. The van der Waals surface area contributed by atoms with Crippen LogP contribution < -0.4 is 4.72 Å². The number of hydrogen-bond acceptors (Lipinski definition) is 5. The number of halogens is 4. The maximum Gasteiger partial charge on any atom is 0.324 e. The molecule has 0 amide bonds. The molecule has 0 bridgehead atoms. The molecule has 0 aliphatic heterocycles. The molecule has 0 aliphatic rings. The lowest BCUT2D eigenvalue weighted by Crippen LogP contribution is -2.45. The van der Waals surface area contributed by atoms with Crippen molar-refractivity contribution >= 4 is 16.0 Å². The number of rotatable bonds is 8. The van der Waals surface area contributed by atoms with Gasteiger partial charge in [-0.25, -0.2) is 26.0 Å². The number of carbonyl (C=O) groups is 1. The highest BCUT2D eigenvalue weighted by Crippen LogP contribution is 2.30. The Hall–Kier alpha value is -2.50. The van der Waals surface area contributed by atoms with Gasteiger partial charge >= 0.3 is 5.97 Å². The van der Waals surface area contributed by atoms with Gasteiger partial charge in [0.1, 0.15) is 16.5 Å². The summed E-state index contributed by atoms with van der Waals surface area (Å²) in [5, 5.41) is 9.19. The van der Waals surface area contributed by atoms with Crippen LogP contribution in [0.15, 0.2) is 35.2 Å². The molecular formula is C21H23F4NO5S. The van der Waals surface area contributed by atoms with Gasteiger partial charge in [-0.15, -0.1) is 0 Å². The van der Waals surface area contributed by atoms with Crippen molar-refractivity contribution in [2.45, 2.75) is 50.2 Å². The van der Waals surface area contributed by atoms with Gasteiger partial charge in [-0.2, -0.15) is 4.72 Å². The van der Waals surface area contributed by atoms with Crippen LogP contribution in [0.3, 0.4) is 0 Å². The SMILES string of the molecule is CC(C)(C)OC(=O)[C@H](CCO)NS(=O)(=O)c1c(F)c(F)c(F)c(F)c1Cc1ccccc1. The van der Waals surface area contributed by atoms with E-state index in [1.54, 1.807) is 6.07 Å². The first-order valence-electron chi connectivity index (χ1n) is 9.53. The van der Waals surface area contributed by atoms with E-state index in [-0.39, 0.29) is 0 Å². The van der Waals surface area contributed by atoms with E-state index in [4.69, 9.17) is 4.74 Å². The Kier molecular flexibility index (Phi) is 8.02. The van der Waals surface area contributed by atoms with E-state index < -0.39 is 80.8 Å². The van der Waals surface area contributed by atoms with Crippen molar-refractivity contribution in [2.75, 3.05) is 6.61 Å². The molecule has 32 heavy (non-hydrogen) atoms. The number of benzene rings is 2. The highest BCUT2D eigenvalue weighted by atomic mass is 32.2. The van der Waals surface area contributed by atoms with E-state index in [2.05, 4.69) is 0 Å². The van der Waals surface area contributed by atoms with Crippen LogP contribution in [0.5, 0.6) is 0 Å². The summed E-state index contributed by atoms with van der Waals surface area (Å²) in [7, 11) is -5.11. The van der Waals surface area contributed by atoms with Crippen LogP contribution in [0.25, 0.3) is 0 Å². The number of ether oxygens (including phenoxy) is 1. The van der Waals surface area contributed by atoms with Crippen molar-refractivity contribution < 1.29 is 40.6 Å². The average Bonchev–Trinajstić information content (AvgIpc) is 2.69. The molecule has 1 atom stereocenters. The molecule has 11 heteroatoms. The van der Waals surface area contributed by atoms with Gasteiger partial charge in [0.25, 0.3) is 0 Å². The number of hydrogen-bond donors (Lipinski definition) is 2. The van der Waals surface area contributed by atoms with Crippen molar-refractivity contribution in [3.63, 3.8) is 0 Å². The maximum absolute atomic E-state index is 14.6. The average molecular weight is 477 g/mol. The number of nitrogens with one attached hydrogen (secondary N) is 1. The zero-order valence-electron chi connectivity index (χ0n) is 17.6. The van der Waals surface area contributed by atoms with E-state index in [9.17, 15) is 35.9 Å². The number of carbonyl (C=O) groups excluding carboxylic acids is 1. The topological polar surface area (TPSA) is 92.7 Å². The summed E-state index contributed by atoms with van der Waals surface area (Å²) >= 11 is 0. The van der Waals surface area contributed by atoms with Crippen LogP contribution in [-0.2, 0) is 26.0 Å². The minimum Gasteiger partial charge on any atom is -0.459 e. The molecule has 176 valence electrons. The Balaban J connectivity index is 2.59. The molecule has 0 radical (unpaired) electrons. The zero-order chi connectivity index (χ0) is 24.3. The summed E-state index contributed by atoms with van der Waals surface area (Å²) < 4.78 is 89.9.